The lowest BCUT2D eigenvalue weighted by molar-refractivity contribution is -0.118. The molecule has 1 saturated carbocycles. The third-order valence-electron chi connectivity index (χ3n) is 7.42. The maximum absolute atomic E-state index is 12.8. The highest BCUT2D eigenvalue weighted by atomic mass is 16.5. The number of nitrogens with zero attached hydrogens (tertiary/aromatic N) is 1. The van der Waals surface area contributed by atoms with E-state index in [9.17, 15) is 9.59 Å². The molecule has 7 heteroatoms. The maximum atomic E-state index is 12.8. The van der Waals surface area contributed by atoms with Gasteiger partial charge in [0.05, 0.1) is 24.0 Å². The van der Waals surface area contributed by atoms with E-state index in [1.54, 1.807) is 18.2 Å². The topological polar surface area (TPSA) is 89.6 Å². The number of ether oxygens (including phenoxy) is 2. The number of benzene rings is 2. The van der Waals surface area contributed by atoms with Crippen molar-refractivity contribution in [2.24, 2.45) is 11.8 Å². The number of para-hydroxylation sites is 1. The van der Waals surface area contributed by atoms with Gasteiger partial charge in [0.15, 0.2) is 6.61 Å². The Morgan fingerprint density at radius 1 is 1.00 bits per heavy atom. The largest absolute Gasteiger partial charge is 0.491 e. The number of carbonyl (C=O) groups excluding carboxylic acids is 2. The molecule has 2 amide bonds. The van der Waals surface area contributed by atoms with Gasteiger partial charge in [-0.3, -0.25) is 14.6 Å². The van der Waals surface area contributed by atoms with E-state index in [0.29, 0.717) is 28.8 Å². The molecule has 1 fully saturated rings. The SMILES string of the molecule is O=C1COc2ccc(C(=O)NC3CCC(C4COc5cnc6ccccc6c5C4)CC3)cc2N1. The van der Waals surface area contributed by atoms with Gasteiger partial charge in [0.1, 0.15) is 11.5 Å². The molecule has 1 aromatic heterocycles. The molecule has 3 heterocycles. The Kier molecular flexibility index (Phi) is 5.32. The van der Waals surface area contributed by atoms with Crippen LogP contribution >= 0.6 is 0 Å². The van der Waals surface area contributed by atoms with Crippen LogP contribution in [0.2, 0.25) is 0 Å². The molecular weight excluding hydrogens is 430 g/mol. The van der Waals surface area contributed by atoms with Crippen LogP contribution in [0.15, 0.2) is 48.7 Å². The first-order valence-corrected chi connectivity index (χ1v) is 12.0. The fraction of sp³-hybridized carbons (Fsp3) is 0.370. The predicted molar refractivity (Wildman–Crippen MR) is 128 cm³/mol. The summed E-state index contributed by atoms with van der Waals surface area (Å²) >= 11 is 0. The molecule has 2 N–H and O–H groups in total. The summed E-state index contributed by atoms with van der Waals surface area (Å²) in [5, 5.41) is 7.14. The fourth-order valence-corrected chi connectivity index (χ4v) is 5.56. The minimum absolute atomic E-state index is 0.00646. The Labute approximate surface area is 197 Å². The summed E-state index contributed by atoms with van der Waals surface area (Å²) in [7, 11) is 0. The lowest BCUT2D eigenvalue weighted by atomic mass is 9.75. The van der Waals surface area contributed by atoms with Crippen LogP contribution in [0.5, 0.6) is 11.5 Å². The summed E-state index contributed by atoms with van der Waals surface area (Å²) in [6.07, 6.45) is 6.95. The van der Waals surface area contributed by atoms with Crippen molar-refractivity contribution >= 4 is 28.4 Å². The van der Waals surface area contributed by atoms with E-state index < -0.39 is 0 Å². The van der Waals surface area contributed by atoms with E-state index in [1.807, 2.05) is 12.3 Å². The molecule has 174 valence electrons. The normalized spacial score (nSPS) is 23.6. The van der Waals surface area contributed by atoms with Gasteiger partial charge in [-0.25, -0.2) is 0 Å². The molecule has 1 aliphatic carbocycles. The van der Waals surface area contributed by atoms with Crippen molar-refractivity contribution in [1.82, 2.24) is 10.3 Å². The van der Waals surface area contributed by atoms with Crippen molar-refractivity contribution in [2.75, 3.05) is 18.5 Å². The summed E-state index contributed by atoms with van der Waals surface area (Å²) in [6, 6.07) is 13.6. The molecular formula is C27H27N3O4. The highest BCUT2D eigenvalue weighted by Crippen LogP contribution is 2.39. The average Bonchev–Trinajstić information content (AvgIpc) is 2.88. The number of aromatic nitrogens is 1. The lowest BCUT2D eigenvalue weighted by Gasteiger charge is -2.36. The molecule has 0 spiro atoms. The zero-order valence-corrected chi connectivity index (χ0v) is 18.9. The number of hydrogen-bond donors (Lipinski definition) is 2. The second kappa shape index (κ2) is 8.63. The van der Waals surface area contributed by atoms with Gasteiger partial charge in [0, 0.05) is 28.5 Å². The van der Waals surface area contributed by atoms with Gasteiger partial charge >= 0.3 is 0 Å². The Morgan fingerprint density at radius 2 is 1.85 bits per heavy atom. The van der Waals surface area contributed by atoms with Gasteiger partial charge in [-0.2, -0.15) is 0 Å². The molecule has 34 heavy (non-hydrogen) atoms. The standard InChI is InChI=1S/C27H27N3O4/c31-26-15-34-24-10-7-17(12-23(24)30-26)27(32)29-19-8-5-16(6-9-19)18-11-21-20-3-1-2-4-22(20)28-13-25(21)33-14-18/h1-4,7,10,12-13,16,18-19H,5-6,8-9,11,14-15H2,(H,29,32)(H,30,31). The molecule has 7 nitrogen and oxygen atoms in total. The van der Waals surface area contributed by atoms with E-state index in [4.69, 9.17) is 9.47 Å². The summed E-state index contributed by atoms with van der Waals surface area (Å²) in [5.41, 5.74) is 3.38. The number of amides is 2. The molecule has 1 atom stereocenters. The van der Waals surface area contributed by atoms with Crippen LogP contribution in [-0.2, 0) is 11.2 Å². The minimum Gasteiger partial charge on any atom is -0.491 e. The van der Waals surface area contributed by atoms with E-state index >= 15 is 0 Å². The van der Waals surface area contributed by atoms with Crippen LogP contribution in [0, 0.1) is 11.8 Å². The third-order valence-corrected chi connectivity index (χ3v) is 7.42. The van der Waals surface area contributed by atoms with Crippen LogP contribution in [0.4, 0.5) is 5.69 Å². The predicted octanol–water partition coefficient (Wildman–Crippen LogP) is 4.11. The number of hydrogen-bond acceptors (Lipinski definition) is 5. The van der Waals surface area contributed by atoms with E-state index in [0.717, 1.165) is 50.0 Å². The van der Waals surface area contributed by atoms with E-state index in [-0.39, 0.29) is 24.5 Å². The van der Waals surface area contributed by atoms with Crippen LogP contribution in [0.25, 0.3) is 10.9 Å². The number of carbonyl (C=O) groups is 2. The second-order valence-corrected chi connectivity index (χ2v) is 9.53. The summed E-state index contributed by atoms with van der Waals surface area (Å²) in [5.74, 6) is 2.27. The van der Waals surface area contributed by atoms with Crippen molar-refractivity contribution in [1.29, 1.82) is 0 Å². The zero-order chi connectivity index (χ0) is 23.1. The highest BCUT2D eigenvalue weighted by molar-refractivity contribution is 6.00. The maximum Gasteiger partial charge on any atom is 0.262 e. The van der Waals surface area contributed by atoms with Crippen LogP contribution in [0.1, 0.15) is 41.6 Å². The van der Waals surface area contributed by atoms with Gasteiger partial charge in [0.2, 0.25) is 0 Å². The molecule has 0 bridgehead atoms. The molecule has 2 aromatic carbocycles. The summed E-state index contributed by atoms with van der Waals surface area (Å²) in [6.45, 7) is 0.740. The zero-order valence-electron chi connectivity index (χ0n) is 18.9. The Hall–Kier alpha value is -3.61. The Morgan fingerprint density at radius 3 is 2.74 bits per heavy atom. The van der Waals surface area contributed by atoms with Gasteiger partial charge in [-0.1, -0.05) is 18.2 Å². The van der Waals surface area contributed by atoms with Gasteiger partial charge in [0.25, 0.3) is 11.8 Å². The van der Waals surface area contributed by atoms with Crippen molar-refractivity contribution < 1.29 is 19.1 Å². The molecule has 6 rings (SSSR count). The average molecular weight is 458 g/mol. The number of anilines is 1. The van der Waals surface area contributed by atoms with Crippen molar-refractivity contribution in [2.45, 2.75) is 38.1 Å². The number of fused-ring (bicyclic) bond motifs is 4. The Balaban J connectivity index is 1.07. The molecule has 0 saturated heterocycles. The smallest absolute Gasteiger partial charge is 0.262 e. The fourth-order valence-electron chi connectivity index (χ4n) is 5.56. The first-order chi connectivity index (χ1) is 16.6. The van der Waals surface area contributed by atoms with Gasteiger partial charge in [-0.05, 0) is 62.3 Å². The highest BCUT2D eigenvalue weighted by Gasteiger charge is 2.32. The van der Waals surface area contributed by atoms with E-state index in [2.05, 4.69) is 33.8 Å². The monoisotopic (exact) mass is 457 g/mol. The van der Waals surface area contributed by atoms with E-state index in [1.165, 1.54) is 10.9 Å². The summed E-state index contributed by atoms with van der Waals surface area (Å²) in [4.78, 5) is 28.9. The molecule has 3 aromatic rings. The molecule has 2 aliphatic heterocycles. The van der Waals surface area contributed by atoms with Crippen LogP contribution in [-0.4, -0.2) is 36.1 Å². The van der Waals surface area contributed by atoms with Crippen molar-refractivity contribution in [3.05, 3.63) is 59.8 Å². The van der Waals surface area contributed by atoms with Gasteiger partial charge in [-0.15, -0.1) is 0 Å². The van der Waals surface area contributed by atoms with Crippen LogP contribution < -0.4 is 20.1 Å². The molecule has 3 aliphatic rings. The Bertz CT molecular complexity index is 1270. The minimum atomic E-state index is -0.207. The number of rotatable bonds is 3. The first-order valence-electron chi connectivity index (χ1n) is 12.0. The lowest BCUT2D eigenvalue weighted by Crippen LogP contribution is -2.40. The summed E-state index contributed by atoms with van der Waals surface area (Å²) < 4.78 is 11.5. The number of nitrogens with one attached hydrogen (secondary N) is 2. The second-order valence-electron chi connectivity index (χ2n) is 9.53. The quantitative estimate of drug-likeness (QED) is 0.618. The van der Waals surface area contributed by atoms with Gasteiger partial charge < -0.3 is 20.1 Å². The molecule has 1 unspecified atom stereocenters. The van der Waals surface area contributed by atoms with Crippen molar-refractivity contribution in [3.63, 3.8) is 0 Å². The molecule has 0 radical (unpaired) electrons. The van der Waals surface area contributed by atoms with Crippen LogP contribution in [0.3, 0.4) is 0 Å². The number of pyridine rings is 1. The first kappa shape index (κ1) is 21.0. The van der Waals surface area contributed by atoms with Crippen molar-refractivity contribution in [3.8, 4) is 11.5 Å². The third kappa shape index (κ3) is 3.95.